The second kappa shape index (κ2) is 9.14. The van der Waals surface area contributed by atoms with Crippen molar-refractivity contribution in [2.24, 2.45) is 5.73 Å². The molecular formula is C19H16ClF3N4O4. The molecule has 31 heavy (non-hydrogen) atoms. The third-order valence-corrected chi connectivity index (χ3v) is 4.25. The molecule has 3 rings (SSSR count). The predicted molar refractivity (Wildman–Crippen MR) is 103 cm³/mol. The van der Waals surface area contributed by atoms with Gasteiger partial charge in [0.2, 0.25) is 5.91 Å². The number of aromatic nitrogens is 2. The Labute approximate surface area is 177 Å². The normalized spacial score (nSPS) is 12.1. The number of carboxylic acids is 1. The first-order valence-electron chi connectivity index (χ1n) is 8.57. The Morgan fingerprint density at radius 3 is 2.32 bits per heavy atom. The van der Waals surface area contributed by atoms with Gasteiger partial charge in [0, 0.05) is 5.56 Å². The summed E-state index contributed by atoms with van der Waals surface area (Å²) in [4.78, 5) is 37.8. The number of halogens is 4. The van der Waals surface area contributed by atoms with E-state index in [-0.39, 0.29) is 11.6 Å². The Kier molecular flexibility index (Phi) is 7.03. The van der Waals surface area contributed by atoms with E-state index >= 15 is 0 Å². The number of alkyl halides is 3. The van der Waals surface area contributed by atoms with E-state index in [0.717, 1.165) is 0 Å². The molecule has 164 valence electrons. The molecule has 12 heteroatoms. The van der Waals surface area contributed by atoms with Gasteiger partial charge in [0.1, 0.15) is 12.0 Å². The molecule has 1 amide bonds. The topological polar surface area (TPSA) is 146 Å². The number of hydrogen-bond acceptors (Lipinski definition) is 5. The molecule has 0 saturated carbocycles. The number of benzene rings is 2. The van der Waals surface area contributed by atoms with Crippen molar-refractivity contribution in [3.8, 4) is 5.69 Å². The van der Waals surface area contributed by atoms with Gasteiger partial charge in [-0.3, -0.25) is 14.2 Å². The highest BCUT2D eigenvalue weighted by Crippen LogP contribution is 2.22. The fourth-order valence-corrected chi connectivity index (χ4v) is 2.84. The lowest BCUT2D eigenvalue weighted by Crippen LogP contribution is -2.53. The standard InChI is InChI=1S/C17H15ClN4O2.C2HF3O2/c1-9(19)16-21-13-7-3-6-12(18)14(13)17(24)22(16)11-5-2-4-10(8-11)15(20)23;3-2(4,5)1(6)7/h2-9H,19H2,1H3,(H2,20,23);(H,6,7)/t9-;/m0./s1. The number of carbonyl (C=O) groups is 2. The van der Waals surface area contributed by atoms with E-state index in [9.17, 15) is 22.8 Å². The van der Waals surface area contributed by atoms with Crippen LogP contribution in [0.1, 0.15) is 29.1 Å². The fourth-order valence-electron chi connectivity index (χ4n) is 2.59. The minimum atomic E-state index is -5.19. The molecular weight excluding hydrogens is 441 g/mol. The van der Waals surface area contributed by atoms with Crippen LogP contribution in [0.15, 0.2) is 47.3 Å². The molecule has 0 aliphatic rings. The van der Waals surface area contributed by atoms with Crippen LogP contribution in [0.2, 0.25) is 5.02 Å². The summed E-state index contributed by atoms with van der Waals surface area (Å²) in [5, 5.41) is 9.44. The van der Waals surface area contributed by atoms with Crippen LogP contribution < -0.4 is 22.1 Å². The maximum atomic E-state index is 13.1. The number of amides is 1. The summed E-state index contributed by atoms with van der Waals surface area (Å²) in [6.07, 6.45) is -5.19. The lowest BCUT2D eigenvalue weighted by Gasteiger charge is -2.15. The minimum absolute atomic E-state index is 0.252. The highest BCUT2D eigenvalue weighted by molar-refractivity contribution is 6.35. The lowest BCUT2D eigenvalue weighted by atomic mass is 10.1. The van der Waals surface area contributed by atoms with Crippen molar-refractivity contribution in [3.63, 3.8) is 0 Å². The summed E-state index contributed by atoms with van der Waals surface area (Å²) < 4.78 is 33.0. The average Bonchev–Trinajstić information content (AvgIpc) is 2.67. The Morgan fingerprint density at radius 1 is 1.23 bits per heavy atom. The van der Waals surface area contributed by atoms with Gasteiger partial charge in [0.25, 0.3) is 5.56 Å². The Balaban J connectivity index is 0.000000423. The van der Waals surface area contributed by atoms with E-state index in [1.54, 1.807) is 42.5 Å². The number of nitrogens with zero attached hydrogens (tertiary/aromatic N) is 2. The average molecular weight is 457 g/mol. The molecule has 0 aliphatic heterocycles. The molecule has 0 unspecified atom stereocenters. The minimum Gasteiger partial charge on any atom is -0.542 e. The van der Waals surface area contributed by atoms with Gasteiger partial charge in [0.05, 0.1) is 21.6 Å². The molecule has 3 aromatic rings. The van der Waals surface area contributed by atoms with Crippen LogP contribution in [0.25, 0.3) is 16.6 Å². The predicted octanol–water partition coefficient (Wildman–Crippen LogP) is 0.739. The van der Waals surface area contributed by atoms with Crippen molar-refractivity contribution in [2.45, 2.75) is 19.1 Å². The van der Waals surface area contributed by atoms with Crippen LogP contribution >= 0.6 is 11.6 Å². The van der Waals surface area contributed by atoms with Crippen LogP contribution in [-0.2, 0) is 4.79 Å². The van der Waals surface area contributed by atoms with E-state index in [2.05, 4.69) is 10.7 Å². The van der Waals surface area contributed by atoms with Crippen LogP contribution in [0, 0.1) is 0 Å². The number of carboxylic acid groups (broad SMARTS) is 1. The molecule has 1 aromatic heterocycles. The number of nitrogens with two attached hydrogens (primary N) is 1. The third kappa shape index (κ3) is 5.38. The Hall–Kier alpha value is -3.44. The molecule has 8 nitrogen and oxygen atoms in total. The number of carbonyl (C=O) groups excluding carboxylic acids is 2. The number of rotatable bonds is 3. The number of quaternary nitrogens is 1. The van der Waals surface area contributed by atoms with E-state index in [1.165, 1.54) is 4.57 Å². The molecule has 0 aliphatic carbocycles. The maximum Gasteiger partial charge on any atom is 0.430 e. The van der Waals surface area contributed by atoms with Crippen LogP contribution in [0.3, 0.4) is 0 Å². The van der Waals surface area contributed by atoms with Crippen molar-refractivity contribution in [2.75, 3.05) is 0 Å². The van der Waals surface area contributed by atoms with Crippen molar-refractivity contribution >= 4 is 34.4 Å². The first kappa shape index (κ1) is 23.8. The van der Waals surface area contributed by atoms with Crippen LogP contribution in [-0.4, -0.2) is 27.6 Å². The van der Waals surface area contributed by atoms with E-state index in [4.69, 9.17) is 27.2 Å². The van der Waals surface area contributed by atoms with Crippen molar-refractivity contribution in [1.82, 2.24) is 9.55 Å². The number of primary amides is 1. The zero-order valence-corrected chi connectivity index (χ0v) is 16.7. The number of aliphatic carboxylic acids is 1. The van der Waals surface area contributed by atoms with E-state index < -0.39 is 18.1 Å². The van der Waals surface area contributed by atoms with Gasteiger partial charge in [0.15, 0.2) is 5.82 Å². The second-order valence-electron chi connectivity index (χ2n) is 6.35. The van der Waals surface area contributed by atoms with Gasteiger partial charge in [-0.1, -0.05) is 23.7 Å². The quantitative estimate of drug-likeness (QED) is 0.596. The maximum absolute atomic E-state index is 13.1. The van der Waals surface area contributed by atoms with Crippen molar-refractivity contribution in [3.05, 3.63) is 69.2 Å². The Bertz CT molecular complexity index is 1210. The summed E-state index contributed by atoms with van der Waals surface area (Å²) in [6.45, 7) is 1.84. The molecule has 0 fully saturated rings. The molecule has 0 radical (unpaired) electrons. The first-order chi connectivity index (χ1) is 14.3. The molecule has 0 saturated heterocycles. The third-order valence-electron chi connectivity index (χ3n) is 3.93. The summed E-state index contributed by atoms with van der Waals surface area (Å²) in [6, 6.07) is 11.4. The highest BCUT2D eigenvalue weighted by atomic mass is 35.5. The number of fused-ring (bicyclic) bond motifs is 1. The smallest absolute Gasteiger partial charge is 0.430 e. The monoisotopic (exact) mass is 456 g/mol. The van der Waals surface area contributed by atoms with Gasteiger partial charge in [-0.25, -0.2) is 4.98 Å². The van der Waals surface area contributed by atoms with Crippen molar-refractivity contribution < 1.29 is 33.6 Å². The second-order valence-corrected chi connectivity index (χ2v) is 6.75. The lowest BCUT2D eigenvalue weighted by molar-refractivity contribution is -0.422. The van der Waals surface area contributed by atoms with Gasteiger partial charge < -0.3 is 21.4 Å². The summed E-state index contributed by atoms with van der Waals surface area (Å²) >= 11 is 6.19. The van der Waals surface area contributed by atoms with Gasteiger partial charge in [-0.2, -0.15) is 13.2 Å². The van der Waals surface area contributed by atoms with Crippen LogP contribution in [0.4, 0.5) is 13.2 Å². The zero-order valence-electron chi connectivity index (χ0n) is 15.9. The largest absolute Gasteiger partial charge is 0.542 e. The molecule has 1 atom stereocenters. The summed E-state index contributed by atoms with van der Waals surface area (Å²) in [5.41, 5.74) is 10.3. The van der Waals surface area contributed by atoms with E-state index in [0.29, 0.717) is 33.0 Å². The molecule has 0 bridgehead atoms. The molecule has 5 N–H and O–H groups in total. The summed E-state index contributed by atoms with van der Waals surface area (Å²) in [5.74, 6) is -3.09. The molecule has 2 aromatic carbocycles. The fraction of sp³-hybridized carbons (Fsp3) is 0.158. The molecule has 0 spiro atoms. The number of hydrogen-bond donors (Lipinski definition) is 2. The molecule has 1 heterocycles. The Morgan fingerprint density at radius 2 is 1.81 bits per heavy atom. The highest BCUT2D eigenvalue weighted by Gasteiger charge is 2.28. The van der Waals surface area contributed by atoms with Crippen molar-refractivity contribution in [1.29, 1.82) is 0 Å². The first-order valence-corrected chi connectivity index (χ1v) is 8.95. The van der Waals surface area contributed by atoms with E-state index in [1.807, 2.05) is 6.92 Å². The van der Waals surface area contributed by atoms with Crippen LogP contribution in [0.5, 0.6) is 0 Å². The van der Waals surface area contributed by atoms with Gasteiger partial charge in [-0.15, -0.1) is 0 Å². The van der Waals surface area contributed by atoms with Gasteiger partial charge in [-0.05, 0) is 37.3 Å². The summed E-state index contributed by atoms with van der Waals surface area (Å²) in [7, 11) is 0. The van der Waals surface area contributed by atoms with Gasteiger partial charge >= 0.3 is 6.18 Å². The SMILES string of the molecule is C[C@H]([NH3+])c1nc2cccc(Cl)c2c(=O)n1-c1cccc(C(N)=O)c1.O=C([O-])C(F)(F)F. The zero-order chi connectivity index (χ0) is 23.5.